The van der Waals surface area contributed by atoms with E-state index in [1.54, 1.807) is 14.7 Å². The number of rotatable bonds is 21. The van der Waals surface area contributed by atoms with E-state index in [0.29, 0.717) is 98.4 Å². The Labute approximate surface area is 248 Å². The fourth-order valence-corrected chi connectivity index (χ4v) is 4.23. The molecule has 1 amide bonds. The molecule has 0 aromatic rings. The first-order chi connectivity index (χ1) is 20.2. The summed E-state index contributed by atoms with van der Waals surface area (Å²) in [5.41, 5.74) is 0. The van der Waals surface area contributed by atoms with Crippen LogP contribution in [0, 0.1) is 0 Å². The molecule has 0 aliphatic carbocycles. The largest absolute Gasteiger partial charge is 0.480 e. The minimum absolute atomic E-state index is 0.0853. The number of ether oxygens (including phenoxy) is 3. The molecule has 0 atom stereocenters. The van der Waals surface area contributed by atoms with Crippen molar-refractivity contribution in [1.29, 1.82) is 0 Å². The molecule has 0 aromatic heterocycles. The third kappa shape index (κ3) is 21.3. The molecule has 1 heterocycles. The number of carboxylic acid groups (broad SMARTS) is 3. The zero-order chi connectivity index (χ0) is 31.0. The first kappa shape index (κ1) is 37.6. The van der Waals surface area contributed by atoms with Gasteiger partial charge in [-0.1, -0.05) is 13.3 Å². The van der Waals surface area contributed by atoms with Gasteiger partial charge in [-0.05, 0) is 12.8 Å². The third-order valence-corrected chi connectivity index (χ3v) is 6.55. The van der Waals surface area contributed by atoms with Crippen LogP contribution < -0.4 is 5.32 Å². The summed E-state index contributed by atoms with van der Waals surface area (Å²) in [4.78, 5) is 53.8. The van der Waals surface area contributed by atoms with E-state index in [1.807, 2.05) is 4.90 Å². The van der Waals surface area contributed by atoms with Gasteiger partial charge in [0.15, 0.2) is 0 Å². The van der Waals surface area contributed by atoms with Crippen molar-refractivity contribution in [3.8, 4) is 0 Å². The number of unbranched alkanes of at least 4 members (excludes halogenated alkanes) is 1. The number of amides is 1. The maximum absolute atomic E-state index is 12.6. The Kier molecular flexibility index (Phi) is 21.6. The highest BCUT2D eigenvalue weighted by Gasteiger charge is 2.21. The van der Waals surface area contributed by atoms with E-state index in [9.17, 15) is 34.5 Å². The lowest BCUT2D eigenvalue weighted by atomic mass is 10.3. The summed E-state index contributed by atoms with van der Waals surface area (Å²) in [6, 6.07) is 0. The third-order valence-electron chi connectivity index (χ3n) is 6.55. The number of aliphatic carboxylic acids is 3. The summed E-state index contributed by atoms with van der Waals surface area (Å²) in [6.07, 6.45) is 2.79. The Morgan fingerprint density at radius 2 is 0.881 bits per heavy atom. The first-order valence-corrected chi connectivity index (χ1v) is 14.7. The maximum Gasteiger partial charge on any atom is 0.317 e. The molecule has 244 valence electrons. The molecule has 0 saturated carbocycles. The molecule has 1 aliphatic heterocycles. The highest BCUT2D eigenvalue weighted by Crippen LogP contribution is 2.01. The number of carbonyl (C=O) groups excluding carboxylic acids is 1. The Morgan fingerprint density at radius 1 is 0.548 bits per heavy atom. The zero-order valence-corrected chi connectivity index (χ0v) is 25.0. The summed E-state index contributed by atoms with van der Waals surface area (Å²) < 4.78 is 16.4. The molecule has 4 N–H and O–H groups in total. The summed E-state index contributed by atoms with van der Waals surface area (Å²) in [7, 11) is 0. The molecule has 1 fully saturated rings. The average Bonchev–Trinajstić information content (AvgIpc) is 2.91. The summed E-state index contributed by atoms with van der Waals surface area (Å²) in [5.74, 6) is -3.17. The standard InChI is InChI=1S/C27H51N5O10/c1-2-3-14-40-16-18-42-19-17-41-15-4-5-28-24(33)20-29-6-8-30(21-25(34)35)10-12-32(23-27(38)39)13-11-31(9-7-29)22-26(36)37/h2-23H2,1H3,(H,28,33)(H,34,35)(H,36,37)(H,38,39). The lowest BCUT2D eigenvalue weighted by Crippen LogP contribution is -2.49. The second-order valence-electron chi connectivity index (χ2n) is 10.2. The second-order valence-corrected chi connectivity index (χ2v) is 10.2. The highest BCUT2D eigenvalue weighted by atomic mass is 16.5. The molecule has 1 saturated heterocycles. The van der Waals surface area contributed by atoms with Gasteiger partial charge in [-0.2, -0.15) is 0 Å². The van der Waals surface area contributed by atoms with E-state index >= 15 is 0 Å². The number of hydrogen-bond donors (Lipinski definition) is 4. The van der Waals surface area contributed by atoms with E-state index < -0.39 is 17.9 Å². The van der Waals surface area contributed by atoms with Crippen LogP contribution in [0.5, 0.6) is 0 Å². The number of carbonyl (C=O) groups is 4. The quantitative estimate of drug-likeness (QED) is 0.115. The monoisotopic (exact) mass is 605 g/mol. The van der Waals surface area contributed by atoms with Gasteiger partial charge in [0.25, 0.3) is 0 Å². The Hall–Kier alpha value is -2.40. The van der Waals surface area contributed by atoms with E-state index in [0.717, 1.165) is 19.4 Å². The van der Waals surface area contributed by atoms with Gasteiger partial charge in [0.2, 0.25) is 5.91 Å². The van der Waals surface area contributed by atoms with Crippen molar-refractivity contribution in [1.82, 2.24) is 24.9 Å². The molecule has 42 heavy (non-hydrogen) atoms. The summed E-state index contributed by atoms with van der Waals surface area (Å²) >= 11 is 0. The Morgan fingerprint density at radius 3 is 1.24 bits per heavy atom. The molecule has 15 nitrogen and oxygen atoms in total. The number of nitrogens with one attached hydrogen (secondary N) is 1. The van der Waals surface area contributed by atoms with E-state index in [-0.39, 0.29) is 32.1 Å². The van der Waals surface area contributed by atoms with Gasteiger partial charge in [0.1, 0.15) is 0 Å². The number of carboxylic acids is 3. The molecule has 0 bridgehead atoms. The summed E-state index contributed by atoms with van der Waals surface area (Å²) in [5, 5.41) is 30.8. The van der Waals surface area contributed by atoms with Gasteiger partial charge in [-0.25, -0.2) is 0 Å². The van der Waals surface area contributed by atoms with Crippen molar-refractivity contribution in [2.45, 2.75) is 26.2 Å². The van der Waals surface area contributed by atoms with Crippen LogP contribution in [0.25, 0.3) is 0 Å². The Balaban J connectivity index is 2.49. The fraction of sp³-hybridized carbons (Fsp3) is 0.852. The van der Waals surface area contributed by atoms with Crippen LogP contribution in [0.2, 0.25) is 0 Å². The van der Waals surface area contributed by atoms with Gasteiger partial charge in [0.05, 0.1) is 52.6 Å². The van der Waals surface area contributed by atoms with Gasteiger partial charge in [-0.3, -0.25) is 38.8 Å². The molecular formula is C27H51N5O10. The van der Waals surface area contributed by atoms with Crippen molar-refractivity contribution < 1.29 is 48.7 Å². The second kappa shape index (κ2) is 24.1. The van der Waals surface area contributed by atoms with Crippen LogP contribution in [-0.2, 0) is 33.4 Å². The minimum Gasteiger partial charge on any atom is -0.480 e. The molecule has 15 heteroatoms. The highest BCUT2D eigenvalue weighted by molar-refractivity contribution is 5.78. The van der Waals surface area contributed by atoms with Crippen molar-refractivity contribution in [2.75, 3.05) is 125 Å². The van der Waals surface area contributed by atoms with Crippen LogP contribution in [0.4, 0.5) is 0 Å². The predicted molar refractivity (Wildman–Crippen MR) is 154 cm³/mol. The van der Waals surface area contributed by atoms with Gasteiger partial charge in [0, 0.05) is 72.1 Å². The molecule has 1 aliphatic rings. The van der Waals surface area contributed by atoms with Crippen LogP contribution in [0.15, 0.2) is 0 Å². The average molecular weight is 606 g/mol. The smallest absolute Gasteiger partial charge is 0.317 e. The van der Waals surface area contributed by atoms with E-state index in [1.165, 1.54) is 0 Å². The number of hydrogen-bond acceptors (Lipinski definition) is 11. The van der Waals surface area contributed by atoms with Crippen LogP contribution >= 0.6 is 0 Å². The lowest BCUT2D eigenvalue weighted by molar-refractivity contribution is -0.140. The van der Waals surface area contributed by atoms with E-state index in [4.69, 9.17) is 14.2 Å². The van der Waals surface area contributed by atoms with Gasteiger partial charge >= 0.3 is 17.9 Å². The normalized spacial score (nSPS) is 16.9. The fourth-order valence-electron chi connectivity index (χ4n) is 4.23. The van der Waals surface area contributed by atoms with Crippen molar-refractivity contribution >= 4 is 23.8 Å². The molecule has 0 radical (unpaired) electrons. The van der Waals surface area contributed by atoms with Gasteiger partial charge in [-0.15, -0.1) is 0 Å². The van der Waals surface area contributed by atoms with Crippen molar-refractivity contribution in [2.24, 2.45) is 0 Å². The van der Waals surface area contributed by atoms with Crippen LogP contribution in [-0.4, -0.2) is 183 Å². The van der Waals surface area contributed by atoms with Crippen molar-refractivity contribution in [3.63, 3.8) is 0 Å². The van der Waals surface area contributed by atoms with Gasteiger partial charge < -0.3 is 34.8 Å². The number of nitrogens with zero attached hydrogens (tertiary/aromatic N) is 4. The topological polar surface area (TPSA) is 182 Å². The first-order valence-electron chi connectivity index (χ1n) is 14.7. The van der Waals surface area contributed by atoms with E-state index in [2.05, 4.69) is 12.2 Å². The predicted octanol–water partition coefficient (Wildman–Crippen LogP) is -1.18. The minimum atomic E-state index is -1.01. The molecular weight excluding hydrogens is 554 g/mol. The van der Waals surface area contributed by atoms with Crippen molar-refractivity contribution in [3.05, 3.63) is 0 Å². The van der Waals surface area contributed by atoms with Crippen LogP contribution in [0.1, 0.15) is 26.2 Å². The summed E-state index contributed by atoms with van der Waals surface area (Å²) in [6.45, 7) is 8.11. The molecule has 1 rings (SSSR count). The SMILES string of the molecule is CCCCOCCOCCOCCCNC(=O)CN1CCN(CC(=O)O)CCN(CC(=O)O)CCN(CC(=O)O)CC1. The zero-order valence-electron chi connectivity index (χ0n) is 25.0. The molecule has 0 aromatic carbocycles. The Bertz CT molecular complexity index is 744. The van der Waals surface area contributed by atoms with Crippen LogP contribution in [0.3, 0.4) is 0 Å². The molecule has 0 spiro atoms. The lowest BCUT2D eigenvalue weighted by Gasteiger charge is -2.32. The maximum atomic E-state index is 12.6. The molecule has 0 unspecified atom stereocenters.